The molecule has 0 bridgehead atoms. The number of halogens is 3. The molecule has 218 valence electrons. The Morgan fingerprint density at radius 1 is 0.730 bits per heavy atom. The summed E-state index contributed by atoms with van der Waals surface area (Å²) in [5.74, 6) is 3.91. The molecule has 5 aliphatic carbocycles. The summed E-state index contributed by atoms with van der Waals surface area (Å²) < 4.78 is 40.8. The third-order valence-corrected chi connectivity index (χ3v) is 12.6. The Hall–Kier alpha value is -0.250. The largest absolute Gasteiger partial charge is 0.417 e. The standard InChI is InChI=1S/C30H49F3O.C2H6.CH4/c1-27-17-16-26-24(14-12-23-20-29(34,30(31,32)33)19-18-28(23,26)2)25(27)15-13-22(27)11-7-6-10-21-8-4-3-5-9-21;1-2;/h21-26,34H,3-20H2,1-2H3;1-2H3;1H4/t22?,23?,24?,25?,26?,27?,28?,29-;;/m0../s1. The second-order valence-corrected chi connectivity index (χ2v) is 14.0. The molecule has 8 atom stereocenters. The summed E-state index contributed by atoms with van der Waals surface area (Å²) >= 11 is 0. The van der Waals surface area contributed by atoms with Crippen molar-refractivity contribution in [3.05, 3.63) is 0 Å². The molecule has 1 N–H and O–H groups in total. The second-order valence-electron chi connectivity index (χ2n) is 14.0. The van der Waals surface area contributed by atoms with Crippen molar-refractivity contribution in [1.29, 1.82) is 0 Å². The highest BCUT2D eigenvalue weighted by molar-refractivity contribution is 5.11. The maximum atomic E-state index is 13.6. The summed E-state index contributed by atoms with van der Waals surface area (Å²) in [6, 6.07) is 0. The average molecular weight is 529 g/mol. The fraction of sp³-hybridized carbons (Fsp3) is 1.00. The van der Waals surface area contributed by atoms with Gasteiger partial charge < -0.3 is 5.11 Å². The van der Waals surface area contributed by atoms with Crippen LogP contribution >= 0.6 is 0 Å². The van der Waals surface area contributed by atoms with E-state index in [4.69, 9.17) is 0 Å². The molecule has 5 saturated carbocycles. The Balaban J connectivity index is 0.00000124. The first kappa shape index (κ1) is 31.3. The summed E-state index contributed by atoms with van der Waals surface area (Å²) in [5.41, 5.74) is -2.01. The molecule has 0 spiro atoms. The summed E-state index contributed by atoms with van der Waals surface area (Å²) in [5, 5.41) is 10.4. The minimum Gasteiger partial charge on any atom is -0.380 e. The van der Waals surface area contributed by atoms with Crippen molar-refractivity contribution in [3.8, 4) is 0 Å². The van der Waals surface area contributed by atoms with E-state index in [1.54, 1.807) is 0 Å². The molecule has 0 aromatic rings. The van der Waals surface area contributed by atoms with Gasteiger partial charge in [0, 0.05) is 0 Å². The van der Waals surface area contributed by atoms with Gasteiger partial charge in [0.15, 0.2) is 5.60 Å². The normalized spacial score (nSPS) is 43.9. The van der Waals surface area contributed by atoms with Crippen LogP contribution in [-0.2, 0) is 0 Å². The van der Waals surface area contributed by atoms with Gasteiger partial charge in [-0.25, -0.2) is 0 Å². The molecule has 0 heterocycles. The minimum absolute atomic E-state index is 0. The van der Waals surface area contributed by atoms with Crippen LogP contribution in [0.3, 0.4) is 0 Å². The first-order valence-electron chi connectivity index (χ1n) is 15.9. The molecule has 5 rings (SSSR count). The van der Waals surface area contributed by atoms with Gasteiger partial charge in [0.05, 0.1) is 0 Å². The highest BCUT2D eigenvalue weighted by Gasteiger charge is 2.64. The lowest BCUT2D eigenvalue weighted by atomic mass is 9.43. The van der Waals surface area contributed by atoms with Crippen molar-refractivity contribution in [2.24, 2.45) is 46.3 Å². The number of aliphatic hydroxyl groups is 1. The molecule has 5 fully saturated rings. The fourth-order valence-corrected chi connectivity index (χ4v) is 10.4. The van der Waals surface area contributed by atoms with Gasteiger partial charge >= 0.3 is 6.18 Å². The molecule has 0 aliphatic heterocycles. The Morgan fingerprint density at radius 2 is 1.38 bits per heavy atom. The molecule has 4 heteroatoms. The Kier molecular flexibility index (Phi) is 10.2. The van der Waals surface area contributed by atoms with Gasteiger partial charge in [-0.3, -0.25) is 0 Å². The first-order chi connectivity index (χ1) is 17.1. The lowest BCUT2D eigenvalue weighted by Crippen LogP contribution is -2.59. The minimum atomic E-state index is -4.49. The lowest BCUT2D eigenvalue weighted by Gasteiger charge is -2.62. The highest BCUT2D eigenvalue weighted by atomic mass is 19.4. The number of alkyl halides is 3. The van der Waals surface area contributed by atoms with E-state index in [0.29, 0.717) is 23.7 Å². The summed E-state index contributed by atoms with van der Waals surface area (Å²) in [6.45, 7) is 8.88. The summed E-state index contributed by atoms with van der Waals surface area (Å²) in [7, 11) is 0. The molecule has 0 amide bonds. The van der Waals surface area contributed by atoms with Crippen LogP contribution in [0, 0.1) is 46.3 Å². The Bertz CT molecular complexity index is 715. The van der Waals surface area contributed by atoms with Gasteiger partial charge in [0.1, 0.15) is 0 Å². The number of unbranched alkanes of at least 4 members (excludes halogenated alkanes) is 1. The predicted octanol–water partition coefficient (Wildman–Crippen LogP) is 10.7. The monoisotopic (exact) mass is 528 g/mol. The van der Waals surface area contributed by atoms with Gasteiger partial charge in [-0.15, -0.1) is 0 Å². The van der Waals surface area contributed by atoms with Crippen LogP contribution in [-0.4, -0.2) is 16.9 Å². The smallest absolute Gasteiger partial charge is 0.380 e. The van der Waals surface area contributed by atoms with Gasteiger partial charge in [0.2, 0.25) is 0 Å². The number of hydrogen-bond acceptors (Lipinski definition) is 1. The first-order valence-corrected chi connectivity index (χ1v) is 15.9. The molecule has 0 aromatic carbocycles. The van der Waals surface area contributed by atoms with Crippen molar-refractivity contribution >= 4 is 0 Å². The van der Waals surface area contributed by atoms with Crippen LogP contribution in [0.1, 0.15) is 151 Å². The molecule has 0 radical (unpaired) electrons. The zero-order chi connectivity index (χ0) is 26.2. The van der Waals surface area contributed by atoms with Crippen molar-refractivity contribution in [2.75, 3.05) is 0 Å². The number of rotatable bonds is 5. The quantitative estimate of drug-likeness (QED) is 0.352. The maximum Gasteiger partial charge on any atom is 0.417 e. The van der Waals surface area contributed by atoms with E-state index in [1.807, 2.05) is 13.8 Å². The summed E-state index contributed by atoms with van der Waals surface area (Å²) in [4.78, 5) is 0. The van der Waals surface area contributed by atoms with E-state index in [1.165, 1.54) is 83.5 Å². The Labute approximate surface area is 227 Å². The molecular formula is C33H59F3O. The zero-order valence-electron chi connectivity index (χ0n) is 23.8. The van der Waals surface area contributed by atoms with Gasteiger partial charge in [-0.05, 0) is 111 Å². The molecule has 0 saturated heterocycles. The molecule has 0 aromatic heterocycles. The second kappa shape index (κ2) is 12.1. The lowest BCUT2D eigenvalue weighted by molar-refractivity contribution is -0.290. The van der Waals surface area contributed by atoms with Gasteiger partial charge in [-0.2, -0.15) is 13.2 Å². The maximum absolute atomic E-state index is 13.6. The van der Waals surface area contributed by atoms with Crippen molar-refractivity contribution in [3.63, 3.8) is 0 Å². The van der Waals surface area contributed by atoms with E-state index in [9.17, 15) is 18.3 Å². The van der Waals surface area contributed by atoms with Crippen LogP contribution in [0.15, 0.2) is 0 Å². The van der Waals surface area contributed by atoms with Crippen LogP contribution in [0.25, 0.3) is 0 Å². The highest BCUT2D eigenvalue weighted by Crippen LogP contribution is 2.69. The van der Waals surface area contributed by atoms with Crippen molar-refractivity contribution < 1.29 is 18.3 Å². The molecule has 1 nitrogen and oxygen atoms in total. The van der Waals surface area contributed by atoms with E-state index in [2.05, 4.69) is 13.8 Å². The fourth-order valence-electron chi connectivity index (χ4n) is 10.4. The SMILES string of the molecule is C.CC.CC12CCC3C(CCC4C[C@](O)(C(F)(F)F)CCC43C)C1CCC2CCCCC1CCCCC1. The third-order valence-electron chi connectivity index (χ3n) is 12.6. The zero-order valence-corrected chi connectivity index (χ0v) is 23.8. The van der Waals surface area contributed by atoms with Crippen molar-refractivity contribution in [1.82, 2.24) is 0 Å². The van der Waals surface area contributed by atoms with E-state index in [0.717, 1.165) is 30.6 Å². The third kappa shape index (κ3) is 5.81. The van der Waals surface area contributed by atoms with Crippen LogP contribution in [0.2, 0.25) is 0 Å². The van der Waals surface area contributed by atoms with Gasteiger partial charge in [0.25, 0.3) is 0 Å². The van der Waals surface area contributed by atoms with Crippen LogP contribution < -0.4 is 0 Å². The van der Waals surface area contributed by atoms with E-state index < -0.39 is 11.8 Å². The van der Waals surface area contributed by atoms with E-state index in [-0.39, 0.29) is 31.6 Å². The topological polar surface area (TPSA) is 20.2 Å². The Morgan fingerprint density at radius 3 is 2.05 bits per heavy atom. The molecule has 37 heavy (non-hydrogen) atoms. The molecule has 7 unspecified atom stereocenters. The van der Waals surface area contributed by atoms with Crippen molar-refractivity contribution in [2.45, 2.75) is 162 Å². The number of fused-ring (bicyclic) bond motifs is 5. The van der Waals surface area contributed by atoms with Crippen LogP contribution in [0.5, 0.6) is 0 Å². The summed E-state index contributed by atoms with van der Waals surface area (Å²) in [6.07, 6.45) is 16.0. The average Bonchev–Trinajstić information content (AvgIpc) is 3.20. The predicted molar refractivity (Wildman–Crippen MR) is 149 cm³/mol. The number of hydrogen-bond donors (Lipinski definition) is 1. The van der Waals surface area contributed by atoms with Gasteiger partial charge in [-0.1, -0.05) is 86.5 Å². The molecule has 5 aliphatic rings. The van der Waals surface area contributed by atoms with E-state index >= 15 is 0 Å². The molecular weight excluding hydrogens is 469 g/mol. The van der Waals surface area contributed by atoms with Crippen LogP contribution in [0.4, 0.5) is 13.2 Å².